The summed E-state index contributed by atoms with van der Waals surface area (Å²) in [6, 6.07) is 5.68. The molecule has 0 aliphatic rings. The van der Waals surface area contributed by atoms with Gasteiger partial charge in [0, 0.05) is 30.8 Å². The van der Waals surface area contributed by atoms with E-state index in [2.05, 4.69) is 14.5 Å². The largest absolute Gasteiger partial charge is 0.619 e. The Morgan fingerprint density at radius 3 is 2.12 bits per heavy atom. The molecule has 0 amide bonds. The molecule has 8 nitrogen and oxygen atoms in total. The van der Waals surface area contributed by atoms with Crippen LogP contribution in [0.5, 0.6) is 0 Å². The Hall–Kier alpha value is -3.16. The minimum Gasteiger partial charge on any atom is -0.619 e. The summed E-state index contributed by atoms with van der Waals surface area (Å²) in [5.74, 6) is -0.928. The first-order chi connectivity index (χ1) is 11.3. The van der Waals surface area contributed by atoms with E-state index in [0.29, 0.717) is 21.7 Å². The summed E-state index contributed by atoms with van der Waals surface area (Å²) in [6.45, 7) is 3.33. The Morgan fingerprint density at radius 1 is 1.04 bits per heavy atom. The van der Waals surface area contributed by atoms with Crippen molar-refractivity contribution < 1.29 is 23.8 Å². The van der Waals surface area contributed by atoms with Crippen LogP contribution in [0.25, 0.3) is 0 Å². The van der Waals surface area contributed by atoms with Gasteiger partial charge in [-0.2, -0.15) is 4.73 Å². The van der Waals surface area contributed by atoms with Gasteiger partial charge >= 0.3 is 11.9 Å². The Kier molecular flexibility index (Phi) is 6.66. The first-order valence-electron chi connectivity index (χ1n) is 6.86. The fourth-order valence-corrected chi connectivity index (χ4v) is 1.77. The number of hydrogen-bond acceptors (Lipinski definition) is 6. The van der Waals surface area contributed by atoms with Crippen molar-refractivity contribution in [3.8, 4) is 0 Å². The number of aromatic amines is 1. The molecule has 128 valence electrons. The van der Waals surface area contributed by atoms with Gasteiger partial charge in [0.25, 0.3) is 0 Å². The number of esters is 2. The lowest BCUT2D eigenvalue weighted by Crippen LogP contribution is -2.29. The van der Waals surface area contributed by atoms with Gasteiger partial charge in [0.2, 0.25) is 5.56 Å². The van der Waals surface area contributed by atoms with Crippen molar-refractivity contribution in [2.24, 2.45) is 0 Å². The number of methoxy groups -OCH3 is 2. The Balaban J connectivity index is 0.000000240. The van der Waals surface area contributed by atoms with E-state index >= 15 is 0 Å². The number of hydrogen-bond donors (Lipinski definition) is 1. The summed E-state index contributed by atoms with van der Waals surface area (Å²) in [4.78, 5) is 35.3. The molecule has 0 unspecified atom stereocenters. The summed E-state index contributed by atoms with van der Waals surface area (Å²) in [6.07, 6.45) is 1.28. The molecule has 2 heterocycles. The minimum absolute atomic E-state index is 0.277. The van der Waals surface area contributed by atoms with Crippen LogP contribution in [-0.4, -0.2) is 31.1 Å². The molecule has 0 saturated heterocycles. The molecule has 8 heteroatoms. The van der Waals surface area contributed by atoms with E-state index in [1.54, 1.807) is 19.9 Å². The van der Waals surface area contributed by atoms with Gasteiger partial charge in [-0.25, -0.2) is 9.59 Å². The first kappa shape index (κ1) is 18.9. The summed E-state index contributed by atoms with van der Waals surface area (Å²) in [5, 5.41) is 10.8. The van der Waals surface area contributed by atoms with Gasteiger partial charge in [0.05, 0.1) is 25.3 Å². The number of carbonyl (C=O) groups is 2. The minimum atomic E-state index is -0.496. The maximum Gasteiger partial charge on any atom is 0.338 e. The number of rotatable bonds is 2. The Bertz CT molecular complexity index is 797. The van der Waals surface area contributed by atoms with Crippen LogP contribution in [0, 0.1) is 19.1 Å². The zero-order valence-corrected chi connectivity index (χ0v) is 13.8. The predicted molar refractivity (Wildman–Crippen MR) is 84.6 cm³/mol. The highest BCUT2D eigenvalue weighted by molar-refractivity contribution is 5.89. The van der Waals surface area contributed by atoms with Gasteiger partial charge in [0.15, 0.2) is 11.9 Å². The van der Waals surface area contributed by atoms with E-state index in [4.69, 9.17) is 0 Å². The molecule has 0 aliphatic heterocycles. The molecule has 2 aromatic heterocycles. The quantitative estimate of drug-likeness (QED) is 0.496. The first-order valence-corrected chi connectivity index (χ1v) is 6.86. The van der Waals surface area contributed by atoms with E-state index < -0.39 is 11.9 Å². The molecule has 0 aliphatic carbocycles. The molecule has 0 spiro atoms. The molecule has 0 saturated carbocycles. The van der Waals surface area contributed by atoms with Crippen LogP contribution >= 0.6 is 0 Å². The van der Waals surface area contributed by atoms with Crippen molar-refractivity contribution in [2.75, 3.05) is 14.2 Å². The number of ether oxygens (including phenoxy) is 2. The molecule has 0 aromatic carbocycles. The van der Waals surface area contributed by atoms with Gasteiger partial charge < -0.3 is 19.7 Å². The second-order valence-electron chi connectivity index (χ2n) is 4.78. The third-order valence-corrected chi connectivity index (χ3v) is 2.92. The normalized spacial score (nSPS) is 9.50. The fraction of sp³-hybridized carbons (Fsp3) is 0.250. The van der Waals surface area contributed by atoms with Crippen molar-refractivity contribution in [1.29, 1.82) is 0 Å². The molecule has 1 N–H and O–H groups in total. The number of H-pyrrole nitrogens is 1. The SMILES string of the molecule is COC(=O)c1cc(C)[nH]c(=O)c1.COC(=O)c1cc[n+]([O-])c(C)c1. The molecule has 0 radical (unpaired) electrons. The second kappa shape index (κ2) is 8.47. The van der Waals surface area contributed by atoms with Gasteiger partial charge in [-0.15, -0.1) is 0 Å². The summed E-state index contributed by atoms with van der Waals surface area (Å²) in [7, 11) is 2.58. The Morgan fingerprint density at radius 2 is 1.62 bits per heavy atom. The van der Waals surface area contributed by atoms with Crippen molar-refractivity contribution in [1.82, 2.24) is 4.98 Å². The lowest BCUT2D eigenvalue weighted by Gasteiger charge is -2.01. The highest BCUT2D eigenvalue weighted by atomic mass is 16.5. The van der Waals surface area contributed by atoms with Crippen LogP contribution in [0.2, 0.25) is 0 Å². The topological polar surface area (TPSA) is 112 Å². The van der Waals surface area contributed by atoms with Gasteiger partial charge in [-0.05, 0) is 13.0 Å². The number of nitrogens with one attached hydrogen (secondary N) is 1. The molecular weight excluding hydrogens is 316 g/mol. The smallest absolute Gasteiger partial charge is 0.338 e. The molecule has 0 bridgehead atoms. The van der Waals surface area contributed by atoms with Crippen molar-refractivity contribution >= 4 is 11.9 Å². The van der Waals surface area contributed by atoms with Crippen molar-refractivity contribution in [2.45, 2.75) is 13.8 Å². The van der Waals surface area contributed by atoms with Crippen LogP contribution in [-0.2, 0) is 9.47 Å². The zero-order chi connectivity index (χ0) is 18.3. The number of aryl methyl sites for hydroxylation is 2. The third-order valence-electron chi connectivity index (χ3n) is 2.92. The van der Waals surface area contributed by atoms with E-state index in [9.17, 15) is 19.6 Å². The third kappa shape index (κ3) is 5.24. The number of carbonyl (C=O) groups excluding carboxylic acids is 2. The van der Waals surface area contributed by atoms with Crippen LogP contribution < -0.4 is 10.3 Å². The van der Waals surface area contributed by atoms with Crippen LogP contribution in [0.1, 0.15) is 32.1 Å². The van der Waals surface area contributed by atoms with E-state index in [1.165, 1.54) is 38.6 Å². The summed E-state index contributed by atoms with van der Waals surface area (Å²) < 4.78 is 9.62. The maximum atomic E-state index is 10.9. The molecule has 24 heavy (non-hydrogen) atoms. The fourth-order valence-electron chi connectivity index (χ4n) is 1.77. The van der Waals surface area contributed by atoms with Crippen LogP contribution in [0.4, 0.5) is 0 Å². The van der Waals surface area contributed by atoms with E-state index in [0.717, 1.165) is 0 Å². The van der Waals surface area contributed by atoms with Crippen molar-refractivity contribution in [3.63, 3.8) is 0 Å². The molecule has 2 rings (SSSR count). The van der Waals surface area contributed by atoms with Gasteiger partial charge in [0.1, 0.15) is 0 Å². The average molecular weight is 334 g/mol. The summed E-state index contributed by atoms with van der Waals surface area (Å²) >= 11 is 0. The number of nitrogens with zero attached hydrogens (tertiary/aromatic N) is 1. The average Bonchev–Trinajstić information content (AvgIpc) is 2.55. The number of aromatic nitrogens is 2. The Labute approximate surface area is 138 Å². The number of pyridine rings is 2. The molecular formula is C16H18N2O6. The van der Waals surface area contributed by atoms with Crippen LogP contribution in [0.15, 0.2) is 35.3 Å². The molecule has 0 atom stereocenters. The van der Waals surface area contributed by atoms with Crippen molar-refractivity contribution in [3.05, 3.63) is 68.5 Å². The monoisotopic (exact) mass is 334 g/mol. The molecule has 2 aromatic rings. The highest BCUT2D eigenvalue weighted by Crippen LogP contribution is 2.00. The second-order valence-corrected chi connectivity index (χ2v) is 4.78. The van der Waals surface area contributed by atoms with Gasteiger partial charge in [-0.3, -0.25) is 4.79 Å². The lowest BCUT2D eigenvalue weighted by molar-refractivity contribution is -0.612. The highest BCUT2D eigenvalue weighted by Gasteiger charge is 2.08. The molecule has 0 fully saturated rings. The van der Waals surface area contributed by atoms with Crippen LogP contribution in [0.3, 0.4) is 0 Å². The standard InChI is InChI=1S/2C8H9NO3/c1-5-3-6(8(11)12-2)4-7(10)9-5;1-6-5-7(8(10)12-2)3-4-9(6)11/h3-4H,1-2H3,(H,9,10);3-5H,1-2H3. The maximum absolute atomic E-state index is 10.9. The lowest BCUT2D eigenvalue weighted by atomic mass is 10.2. The summed E-state index contributed by atoms with van der Waals surface area (Å²) in [5.41, 5.74) is 1.48. The van der Waals surface area contributed by atoms with Gasteiger partial charge in [-0.1, -0.05) is 0 Å². The predicted octanol–water partition coefficient (Wildman–Crippen LogP) is 0.885. The van der Waals surface area contributed by atoms with E-state index in [-0.39, 0.29) is 11.1 Å². The van der Waals surface area contributed by atoms with E-state index in [1.807, 2.05) is 0 Å². The zero-order valence-electron chi connectivity index (χ0n) is 13.8.